The summed E-state index contributed by atoms with van der Waals surface area (Å²) in [5, 5.41) is 0. The van der Waals surface area contributed by atoms with Gasteiger partial charge in [-0.05, 0) is 65.2 Å². The van der Waals surface area contributed by atoms with E-state index in [4.69, 9.17) is 9.15 Å². The highest BCUT2D eigenvalue weighted by Crippen LogP contribution is 2.28. The molecule has 0 aliphatic rings. The first-order valence-corrected chi connectivity index (χ1v) is 8.85. The van der Waals surface area contributed by atoms with Crippen molar-refractivity contribution in [3.05, 3.63) is 45.8 Å². The Kier molecular flexibility index (Phi) is 4.99. The lowest BCUT2D eigenvalue weighted by atomic mass is 10.1. The number of halogens is 1. The molecule has 1 aromatic heterocycles. The first-order valence-electron chi connectivity index (χ1n) is 6.61. The number of ether oxygens (including phenoxy) is 1. The number of hydrogen-bond donors (Lipinski definition) is 0. The number of nitrogens with zero attached hydrogens (tertiary/aromatic N) is 1. The summed E-state index contributed by atoms with van der Waals surface area (Å²) in [6.07, 6.45) is 0. The van der Waals surface area contributed by atoms with Crippen molar-refractivity contribution in [3.63, 3.8) is 0 Å². The number of sulfonamides is 1. The van der Waals surface area contributed by atoms with Gasteiger partial charge in [-0.25, -0.2) is 8.42 Å². The van der Waals surface area contributed by atoms with Gasteiger partial charge in [-0.2, -0.15) is 4.31 Å². The summed E-state index contributed by atoms with van der Waals surface area (Å²) in [5.41, 5.74) is 1.57. The molecule has 2 aromatic rings. The summed E-state index contributed by atoms with van der Waals surface area (Å²) in [7, 11) is -0.493. The molecule has 0 fully saturated rings. The molecule has 0 saturated carbocycles. The Hall–Kier alpha value is -1.31. The van der Waals surface area contributed by atoms with Gasteiger partial charge in [0.25, 0.3) is 0 Å². The van der Waals surface area contributed by atoms with E-state index in [2.05, 4.69) is 15.9 Å². The van der Waals surface area contributed by atoms with Gasteiger partial charge >= 0.3 is 0 Å². The maximum Gasteiger partial charge on any atom is 0.243 e. The van der Waals surface area contributed by atoms with Crippen molar-refractivity contribution >= 4 is 26.0 Å². The lowest BCUT2D eigenvalue weighted by molar-refractivity contribution is 0.397. The van der Waals surface area contributed by atoms with Crippen LogP contribution in [0.15, 0.2) is 38.2 Å². The van der Waals surface area contributed by atoms with Gasteiger partial charge in [0.05, 0.1) is 18.6 Å². The maximum absolute atomic E-state index is 12.7. The Morgan fingerprint density at radius 3 is 2.27 bits per heavy atom. The van der Waals surface area contributed by atoms with E-state index < -0.39 is 10.0 Å². The van der Waals surface area contributed by atoms with Crippen LogP contribution in [0.1, 0.15) is 16.9 Å². The van der Waals surface area contributed by atoms with E-state index in [1.165, 1.54) is 11.4 Å². The number of rotatable bonds is 5. The average molecular weight is 388 g/mol. The minimum Gasteiger partial charge on any atom is -0.496 e. The second kappa shape index (κ2) is 6.44. The normalized spacial score (nSPS) is 11.9. The highest BCUT2D eigenvalue weighted by atomic mass is 79.9. The fraction of sp³-hybridized carbons (Fsp3) is 0.333. The van der Waals surface area contributed by atoms with Gasteiger partial charge < -0.3 is 9.15 Å². The zero-order valence-electron chi connectivity index (χ0n) is 12.9. The zero-order valence-corrected chi connectivity index (χ0v) is 15.3. The van der Waals surface area contributed by atoms with Gasteiger partial charge in [0, 0.05) is 7.05 Å². The first-order chi connectivity index (χ1) is 10.3. The molecule has 120 valence electrons. The molecule has 2 rings (SSSR count). The first kappa shape index (κ1) is 17.1. The van der Waals surface area contributed by atoms with E-state index in [-0.39, 0.29) is 11.4 Å². The number of benzene rings is 1. The molecule has 7 heteroatoms. The van der Waals surface area contributed by atoms with Gasteiger partial charge in [0.15, 0.2) is 4.67 Å². The predicted octanol–water partition coefficient (Wildman–Crippen LogP) is 3.49. The van der Waals surface area contributed by atoms with Crippen LogP contribution in [0, 0.1) is 13.8 Å². The van der Waals surface area contributed by atoms with Crippen molar-refractivity contribution in [2.24, 2.45) is 0 Å². The summed E-state index contributed by atoms with van der Waals surface area (Å²) in [6.45, 7) is 3.82. The quantitative estimate of drug-likeness (QED) is 0.787. The summed E-state index contributed by atoms with van der Waals surface area (Å²) >= 11 is 3.20. The van der Waals surface area contributed by atoms with Gasteiger partial charge in [0.2, 0.25) is 10.0 Å². The van der Waals surface area contributed by atoms with Crippen molar-refractivity contribution in [2.45, 2.75) is 25.3 Å². The van der Waals surface area contributed by atoms with E-state index in [0.717, 1.165) is 11.1 Å². The molecule has 0 radical (unpaired) electrons. The zero-order chi connectivity index (χ0) is 16.5. The van der Waals surface area contributed by atoms with Gasteiger partial charge in [-0.15, -0.1) is 0 Å². The van der Waals surface area contributed by atoms with Crippen LogP contribution in [0.2, 0.25) is 0 Å². The molecule has 22 heavy (non-hydrogen) atoms. The maximum atomic E-state index is 12.7. The van der Waals surface area contributed by atoms with Crippen LogP contribution in [-0.2, 0) is 16.6 Å². The molecule has 1 heterocycles. The lowest BCUT2D eigenvalue weighted by Gasteiger charge is -2.18. The van der Waals surface area contributed by atoms with Crippen molar-refractivity contribution in [1.29, 1.82) is 0 Å². The van der Waals surface area contributed by atoms with E-state index in [0.29, 0.717) is 16.2 Å². The smallest absolute Gasteiger partial charge is 0.243 e. The Morgan fingerprint density at radius 2 is 1.82 bits per heavy atom. The van der Waals surface area contributed by atoms with Crippen LogP contribution in [0.3, 0.4) is 0 Å². The second-order valence-electron chi connectivity index (χ2n) is 5.06. The molecular formula is C15H18BrNO4S. The standard InChI is InChI=1S/C15H18BrNO4S/c1-10-7-13(8-11(2)15(10)20-4)22(18,19)17(3)9-12-5-6-14(16)21-12/h5-8H,9H2,1-4H3. The third-order valence-corrected chi connectivity index (χ3v) is 5.56. The third-order valence-electron chi connectivity index (χ3n) is 3.35. The molecule has 0 unspecified atom stereocenters. The summed E-state index contributed by atoms with van der Waals surface area (Å²) < 4.78 is 37.8. The van der Waals surface area contributed by atoms with E-state index in [9.17, 15) is 8.42 Å². The SMILES string of the molecule is COc1c(C)cc(S(=O)(=O)N(C)Cc2ccc(Br)o2)cc1C. The van der Waals surface area contributed by atoms with Gasteiger partial charge in [0.1, 0.15) is 11.5 Å². The van der Waals surface area contributed by atoms with Gasteiger partial charge in [-0.3, -0.25) is 0 Å². The number of furan rings is 1. The minimum absolute atomic E-state index is 0.165. The summed E-state index contributed by atoms with van der Waals surface area (Å²) in [5.74, 6) is 1.27. The Morgan fingerprint density at radius 1 is 1.23 bits per heavy atom. The molecule has 1 aromatic carbocycles. The molecule has 0 amide bonds. The van der Waals surface area contributed by atoms with Crippen molar-refractivity contribution in [2.75, 3.05) is 14.2 Å². The molecule has 0 N–H and O–H groups in total. The van der Waals surface area contributed by atoms with Crippen molar-refractivity contribution in [1.82, 2.24) is 4.31 Å². The third kappa shape index (κ3) is 3.37. The molecular weight excluding hydrogens is 370 g/mol. The average Bonchev–Trinajstić information content (AvgIpc) is 2.83. The second-order valence-corrected chi connectivity index (χ2v) is 7.88. The van der Waals surface area contributed by atoms with Crippen LogP contribution in [0.5, 0.6) is 5.75 Å². The fourth-order valence-corrected chi connectivity index (χ4v) is 3.95. The van der Waals surface area contributed by atoms with Crippen molar-refractivity contribution < 1.29 is 17.6 Å². The minimum atomic E-state index is -3.60. The lowest BCUT2D eigenvalue weighted by Crippen LogP contribution is -2.26. The molecule has 0 atom stereocenters. The fourth-order valence-electron chi connectivity index (χ4n) is 2.30. The molecule has 5 nitrogen and oxygen atoms in total. The Labute approximate surface area is 139 Å². The number of methoxy groups -OCH3 is 1. The van der Waals surface area contributed by atoms with Gasteiger partial charge in [-0.1, -0.05) is 0 Å². The number of hydrogen-bond acceptors (Lipinski definition) is 4. The Balaban J connectivity index is 2.33. The molecule has 0 bridgehead atoms. The van der Waals surface area contributed by atoms with E-state index >= 15 is 0 Å². The predicted molar refractivity (Wildman–Crippen MR) is 87.5 cm³/mol. The summed E-state index contributed by atoms with van der Waals surface area (Å²) in [4.78, 5) is 0.247. The van der Waals surface area contributed by atoms with Crippen LogP contribution in [0.25, 0.3) is 0 Å². The monoisotopic (exact) mass is 387 g/mol. The Bertz CT molecular complexity index is 760. The highest BCUT2D eigenvalue weighted by molar-refractivity contribution is 9.10. The molecule has 0 aliphatic carbocycles. The summed E-state index contributed by atoms with van der Waals surface area (Å²) in [6, 6.07) is 6.71. The number of aryl methyl sites for hydroxylation is 2. The van der Waals surface area contributed by atoms with Crippen molar-refractivity contribution in [3.8, 4) is 5.75 Å². The van der Waals surface area contributed by atoms with E-state index in [1.54, 1.807) is 31.4 Å². The van der Waals surface area contributed by atoms with Crippen LogP contribution in [0.4, 0.5) is 0 Å². The molecule has 0 aliphatic heterocycles. The molecule has 0 saturated heterocycles. The largest absolute Gasteiger partial charge is 0.496 e. The topological polar surface area (TPSA) is 59.8 Å². The van der Waals surface area contributed by atoms with E-state index in [1.807, 2.05) is 13.8 Å². The van der Waals surface area contributed by atoms with Crippen LogP contribution < -0.4 is 4.74 Å². The molecule has 0 spiro atoms. The van der Waals surface area contributed by atoms with Crippen LogP contribution >= 0.6 is 15.9 Å². The van der Waals surface area contributed by atoms with Crippen LogP contribution in [-0.4, -0.2) is 26.9 Å². The highest BCUT2D eigenvalue weighted by Gasteiger charge is 2.23.